The summed E-state index contributed by atoms with van der Waals surface area (Å²) in [6.45, 7) is 3.37. The van der Waals surface area contributed by atoms with Gasteiger partial charge in [0.1, 0.15) is 0 Å². The van der Waals surface area contributed by atoms with Crippen molar-refractivity contribution in [1.82, 2.24) is 20.0 Å². The smallest absolute Gasteiger partial charge is 0.251 e. The normalized spacial score (nSPS) is 10.9. The van der Waals surface area contributed by atoms with E-state index in [4.69, 9.17) is 12.2 Å². The SMILES string of the molecule is CNC(=O)c1ccc(CN(C)Cn2nc(Nc3ccccc3C)sc2=S)cc1. The number of hydrogen-bond donors (Lipinski definition) is 2. The van der Waals surface area contributed by atoms with Crippen molar-refractivity contribution in [2.24, 2.45) is 0 Å². The summed E-state index contributed by atoms with van der Waals surface area (Å²) in [6, 6.07) is 15.7. The maximum Gasteiger partial charge on any atom is 0.251 e. The van der Waals surface area contributed by atoms with Gasteiger partial charge < -0.3 is 10.6 Å². The molecular weight excluding hydrogens is 390 g/mol. The largest absolute Gasteiger partial charge is 0.355 e. The number of amides is 1. The second-order valence-electron chi connectivity index (χ2n) is 6.54. The topological polar surface area (TPSA) is 62.2 Å². The highest BCUT2D eigenvalue weighted by molar-refractivity contribution is 7.73. The molecule has 0 spiro atoms. The first-order valence-electron chi connectivity index (χ1n) is 8.86. The lowest BCUT2D eigenvalue weighted by Gasteiger charge is -2.16. The predicted octanol–water partition coefficient (Wildman–Crippen LogP) is 4.18. The number of hydrogen-bond acceptors (Lipinski definition) is 6. The molecule has 0 aliphatic carbocycles. The molecule has 28 heavy (non-hydrogen) atoms. The standard InChI is InChI=1S/C20H23N5OS2/c1-14-6-4-5-7-17(14)22-19-23-25(20(27)28-19)13-24(3)12-15-8-10-16(11-9-15)18(26)21-2/h4-11H,12-13H2,1-3H3,(H,21,26)(H,22,23). The van der Waals surface area contributed by atoms with Crippen LogP contribution in [0.4, 0.5) is 10.8 Å². The summed E-state index contributed by atoms with van der Waals surface area (Å²) < 4.78 is 2.54. The number of aryl methyl sites for hydroxylation is 1. The molecule has 0 bridgehead atoms. The summed E-state index contributed by atoms with van der Waals surface area (Å²) in [7, 11) is 3.64. The van der Waals surface area contributed by atoms with Crippen LogP contribution in [0.1, 0.15) is 21.5 Å². The summed E-state index contributed by atoms with van der Waals surface area (Å²) >= 11 is 6.93. The first-order valence-corrected chi connectivity index (χ1v) is 10.1. The molecule has 1 aromatic heterocycles. The minimum atomic E-state index is -0.0811. The number of carbonyl (C=O) groups is 1. The van der Waals surface area contributed by atoms with Gasteiger partial charge in [-0.25, -0.2) is 4.68 Å². The Balaban J connectivity index is 1.63. The minimum absolute atomic E-state index is 0.0811. The van der Waals surface area contributed by atoms with Crippen molar-refractivity contribution in [1.29, 1.82) is 0 Å². The third-order valence-electron chi connectivity index (χ3n) is 4.26. The van der Waals surface area contributed by atoms with Crippen LogP contribution in [0, 0.1) is 10.9 Å². The van der Waals surface area contributed by atoms with E-state index in [0.29, 0.717) is 12.2 Å². The number of nitrogens with one attached hydrogen (secondary N) is 2. The molecule has 2 aromatic carbocycles. The Labute approximate surface area is 173 Å². The average molecular weight is 414 g/mol. The highest BCUT2D eigenvalue weighted by atomic mass is 32.1. The quantitative estimate of drug-likeness (QED) is 0.569. The molecule has 0 aliphatic heterocycles. The van der Waals surface area contributed by atoms with Crippen molar-refractivity contribution in [3.63, 3.8) is 0 Å². The second kappa shape index (κ2) is 9.09. The second-order valence-corrected chi connectivity index (χ2v) is 8.17. The molecule has 3 rings (SSSR count). The van der Waals surface area contributed by atoms with Gasteiger partial charge in [0.25, 0.3) is 5.91 Å². The Kier molecular flexibility index (Phi) is 6.56. The first-order chi connectivity index (χ1) is 13.5. The number of benzene rings is 2. The predicted molar refractivity (Wildman–Crippen MR) is 117 cm³/mol. The molecule has 0 fully saturated rings. The Morgan fingerprint density at radius 3 is 2.61 bits per heavy atom. The Morgan fingerprint density at radius 1 is 1.21 bits per heavy atom. The molecule has 2 N–H and O–H groups in total. The van der Waals surface area contributed by atoms with E-state index < -0.39 is 0 Å². The summed E-state index contributed by atoms with van der Waals surface area (Å²) in [4.78, 5) is 13.8. The van der Waals surface area contributed by atoms with E-state index >= 15 is 0 Å². The van der Waals surface area contributed by atoms with E-state index in [2.05, 4.69) is 33.6 Å². The molecule has 146 valence electrons. The third-order valence-corrected chi connectivity index (χ3v) is 5.49. The lowest BCUT2D eigenvalue weighted by Crippen LogP contribution is -2.22. The van der Waals surface area contributed by atoms with Crippen LogP contribution in [0.15, 0.2) is 48.5 Å². The molecule has 1 amide bonds. The molecule has 0 aliphatic rings. The highest BCUT2D eigenvalue weighted by Gasteiger charge is 2.09. The number of rotatable bonds is 7. The van der Waals surface area contributed by atoms with Gasteiger partial charge in [-0.15, -0.1) is 5.10 Å². The van der Waals surface area contributed by atoms with E-state index in [9.17, 15) is 4.79 Å². The summed E-state index contributed by atoms with van der Waals surface area (Å²) in [5, 5.41) is 11.4. The zero-order chi connectivity index (χ0) is 20.1. The van der Waals surface area contributed by atoms with Crippen LogP contribution in [0.25, 0.3) is 0 Å². The zero-order valence-electron chi connectivity index (χ0n) is 16.1. The van der Waals surface area contributed by atoms with Crippen molar-refractivity contribution >= 4 is 40.3 Å². The van der Waals surface area contributed by atoms with Crippen molar-refractivity contribution in [2.45, 2.75) is 20.1 Å². The number of carbonyl (C=O) groups excluding carboxylic acids is 1. The van der Waals surface area contributed by atoms with Gasteiger partial charge in [-0.05, 0) is 55.5 Å². The first kappa shape index (κ1) is 20.2. The molecule has 1 heterocycles. The molecule has 0 atom stereocenters. The van der Waals surface area contributed by atoms with Gasteiger partial charge in [-0.2, -0.15) is 0 Å². The maximum absolute atomic E-state index is 11.6. The van der Waals surface area contributed by atoms with Gasteiger partial charge in [0.2, 0.25) is 5.13 Å². The van der Waals surface area contributed by atoms with Gasteiger partial charge in [-0.1, -0.05) is 41.7 Å². The van der Waals surface area contributed by atoms with E-state index in [1.807, 2.05) is 54.2 Å². The fourth-order valence-electron chi connectivity index (χ4n) is 2.77. The Hall–Kier alpha value is -2.55. The number of nitrogens with zero attached hydrogens (tertiary/aromatic N) is 3. The number of aromatic nitrogens is 2. The molecule has 3 aromatic rings. The fourth-order valence-corrected chi connectivity index (χ4v) is 3.78. The van der Waals surface area contributed by atoms with Crippen molar-refractivity contribution in [3.8, 4) is 0 Å². The van der Waals surface area contributed by atoms with E-state index in [1.54, 1.807) is 7.05 Å². The van der Waals surface area contributed by atoms with Crippen LogP contribution in [0.5, 0.6) is 0 Å². The minimum Gasteiger partial charge on any atom is -0.355 e. The van der Waals surface area contributed by atoms with Crippen LogP contribution in [-0.4, -0.2) is 34.7 Å². The van der Waals surface area contributed by atoms with Crippen molar-refractivity contribution in [3.05, 3.63) is 69.2 Å². The van der Waals surface area contributed by atoms with Crippen LogP contribution < -0.4 is 10.6 Å². The number of para-hydroxylation sites is 1. The average Bonchev–Trinajstić information content (AvgIpc) is 3.02. The van der Waals surface area contributed by atoms with Gasteiger partial charge in [0.05, 0.1) is 6.67 Å². The van der Waals surface area contributed by atoms with Gasteiger partial charge in [0, 0.05) is 24.8 Å². The Bertz CT molecular complexity index is 1010. The lowest BCUT2D eigenvalue weighted by molar-refractivity contribution is 0.0963. The van der Waals surface area contributed by atoms with Crippen molar-refractivity contribution in [2.75, 3.05) is 19.4 Å². The third kappa shape index (κ3) is 5.03. The molecule has 8 heteroatoms. The van der Waals surface area contributed by atoms with Crippen LogP contribution >= 0.6 is 23.6 Å². The number of anilines is 2. The monoisotopic (exact) mass is 413 g/mol. The highest BCUT2D eigenvalue weighted by Crippen LogP contribution is 2.23. The summed E-state index contributed by atoms with van der Waals surface area (Å²) in [5.74, 6) is -0.0811. The van der Waals surface area contributed by atoms with Gasteiger partial charge >= 0.3 is 0 Å². The molecule has 0 unspecified atom stereocenters. The molecular formula is C20H23N5OS2. The van der Waals surface area contributed by atoms with Crippen LogP contribution in [0.2, 0.25) is 0 Å². The Morgan fingerprint density at radius 2 is 1.93 bits per heavy atom. The fraction of sp³-hybridized carbons (Fsp3) is 0.250. The van der Waals surface area contributed by atoms with E-state index in [1.165, 1.54) is 11.3 Å². The molecule has 0 saturated carbocycles. The zero-order valence-corrected chi connectivity index (χ0v) is 17.7. The van der Waals surface area contributed by atoms with Crippen molar-refractivity contribution < 1.29 is 4.79 Å². The van der Waals surface area contributed by atoms with E-state index in [0.717, 1.165) is 32.4 Å². The summed E-state index contributed by atoms with van der Waals surface area (Å²) in [5.41, 5.74) is 3.97. The van der Waals surface area contributed by atoms with E-state index in [-0.39, 0.29) is 5.91 Å². The summed E-state index contributed by atoms with van der Waals surface area (Å²) in [6.07, 6.45) is 0. The molecule has 0 saturated heterocycles. The van der Waals surface area contributed by atoms with Crippen LogP contribution in [-0.2, 0) is 13.2 Å². The molecule has 0 radical (unpaired) electrons. The maximum atomic E-state index is 11.6. The molecule has 6 nitrogen and oxygen atoms in total. The van der Waals surface area contributed by atoms with Gasteiger partial charge in [-0.3, -0.25) is 9.69 Å². The lowest BCUT2D eigenvalue weighted by atomic mass is 10.1. The van der Waals surface area contributed by atoms with Crippen LogP contribution in [0.3, 0.4) is 0 Å². The van der Waals surface area contributed by atoms with Gasteiger partial charge in [0.15, 0.2) is 3.95 Å².